The molecule has 0 amide bonds. The zero-order valence-corrected chi connectivity index (χ0v) is 40.2. The number of nitrogens with zero attached hydrogens (tertiary/aromatic N) is 2. The maximum Gasteiger partial charge on any atom is 0.153 e. The Morgan fingerprint density at radius 3 is 1.01 bits per heavy atom. The number of fused-ring (bicyclic) bond motifs is 19. The topological polar surface area (TPSA) is 73.9 Å². The van der Waals surface area contributed by atoms with Crippen LogP contribution in [0.2, 0.25) is 0 Å². The fourth-order valence-corrected chi connectivity index (χ4v) is 13.6. The van der Waals surface area contributed by atoms with Crippen molar-refractivity contribution in [3.63, 3.8) is 0 Å². The molecule has 4 nitrogen and oxygen atoms in total. The van der Waals surface area contributed by atoms with Gasteiger partial charge in [-0.05, 0) is 148 Å². The molecule has 15 rings (SSSR count). The second kappa shape index (κ2) is 13.3. The fourth-order valence-electron chi connectivity index (χ4n) is 13.6. The molecule has 0 radical (unpaired) electrons. The summed E-state index contributed by atoms with van der Waals surface area (Å²) in [5, 5.41) is 28.8. The normalized spacial score (nSPS) is 15.2. The van der Waals surface area contributed by atoms with E-state index in [4.69, 9.17) is 8.83 Å². The average molecular weight is 909 g/mol. The van der Waals surface area contributed by atoms with E-state index >= 15 is 0 Å². The van der Waals surface area contributed by atoms with Gasteiger partial charge in [-0.15, -0.1) is 0 Å². The van der Waals surface area contributed by atoms with Crippen LogP contribution in [0.5, 0.6) is 0 Å². The summed E-state index contributed by atoms with van der Waals surface area (Å²) in [6.07, 6.45) is 0. The SMILES string of the molecule is CC1(C)c2cc3c(cc2-c2cc4c(cc21)-c1c(cc(-c2cccc5c2oc2c(C#N)cccc25)c2ccccc12)C4(C)C)C(C)(C)c1cc(-c2cccc4c2oc2c(C#N)cccc24)c2ccccc2c1-3. The zero-order valence-electron chi connectivity index (χ0n) is 40.2. The van der Waals surface area contributed by atoms with Crippen LogP contribution in [0.1, 0.15) is 86.1 Å². The van der Waals surface area contributed by atoms with E-state index in [-0.39, 0.29) is 16.2 Å². The standard InChI is InChI=1S/C67H44N2O2/c1-65(2)53-31-51-55(66(3,4)57-27-47(37-17-7-9-19-39(37)59(51)57)45-25-13-23-43-41-21-11-15-35(33-68)61(41)70-63(43)45)29-49(53)50-30-56-52(32-54(50)65)60-40-20-10-8-18-38(40)48(28-58(60)67(56,5)6)46-26-14-24-44-42-22-12-16-36(34-69)62(42)71-64(44)46/h7-32H,1-6H3. The molecule has 12 aromatic rings. The van der Waals surface area contributed by atoms with Gasteiger partial charge >= 0.3 is 0 Å². The highest BCUT2D eigenvalue weighted by Gasteiger charge is 2.46. The first kappa shape index (κ1) is 40.2. The third-order valence-corrected chi connectivity index (χ3v) is 17.1. The van der Waals surface area contributed by atoms with Gasteiger partial charge in [0.15, 0.2) is 11.2 Å². The van der Waals surface area contributed by atoms with E-state index in [9.17, 15) is 10.5 Å². The van der Waals surface area contributed by atoms with Crippen molar-refractivity contribution in [1.82, 2.24) is 0 Å². The van der Waals surface area contributed by atoms with Gasteiger partial charge in [-0.25, -0.2) is 0 Å². The van der Waals surface area contributed by atoms with Crippen molar-refractivity contribution in [2.24, 2.45) is 0 Å². The molecule has 10 aromatic carbocycles. The molecule has 2 heterocycles. The molecule has 0 atom stereocenters. The Balaban J connectivity index is 0.906. The lowest BCUT2D eigenvalue weighted by Gasteiger charge is -2.25. The predicted molar refractivity (Wildman–Crippen MR) is 289 cm³/mol. The van der Waals surface area contributed by atoms with E-state index in [0.717, 1.165) is 55.0 Å². The first-order chi connectivity index (χ1) is 34.4. The van der Waals surface area contributed by atoms with Gasteiger partial charge in [-0.2, -0.15) is 10.5 Å². The van der Waals surface area contributed by atoms with Crippen LogP contribution in [0.4, 0.5) is 0 Å². The summed E-state index contributed by atoms with van der Waals surface area (Å²) in [4.78, 5) is 0. The quantitative estimate of drug-likeness (QED) is 0.173. The van der Waals surface area contributed by atoms with Crippen molar-refractivity contribution in [3.05, 3.63) is 202 Å². The molecule has 3 aliphatic rings. The first-order valence-corrected chi connectivity index (χ1v) is 24.6. The second-order valence-electron chi connectivity index (χ2n) is 21.7. The molecule has 0 saturated carbocycles. The number of hydrogen-bond acceptors (Lipinski definition) is 4. The number of furan rings is 2. The number of hydrogen-bond donors (Lipinski definition) is 0. The number of nitriles is 2. The fraction of sp³-hybridized carbons (Fsp3) is 0.134. The molecular formula is C67H44N2O2. The molecule has 0 fully saturated rings. The predicted octanol–water partition coefficient (Wildman–Crippen LogP) is 17.8. The molecule has 71 heavy (non-hydrogen) atoms. The van der Waals surface area contributed by atoms with E-state index in [1.807, 2.05) is 24.3 Å². The maximum atomic E-state index is 10.0. The van der Waals surface area contributed by atoms with Crippen LogP contribution in [-0.4, -0.2) is 0 Å². The summed E-state index contributed by atoms with van der Waals surface area (Å²) in [5.41, 5.74) is 23.4. The minimum atomic E-state index is -0.304. The summed E-state index contributed by atoms with van der Waals surface area (Å²) in [6, 6.07) is 61.9. The van der Waals surface area contributed by atoms with Crippen LogP contribution in [0.15, 0.2) is 167 Å². The third kappa shape index (κ3) is 4.92. The van der Waals surface area contributed by atoms with Gasteiger partial charge in [-0.1, -0.05) is 151 Å². The van der Waals surface area contributed by atoms with Crippen LogP contribution in [0, 0.1) is 22.7 Å². The van der Waals surface area contributed by atoms with Crippen molar-refractivity contribution in [1.29, 1.82) is 10.5 Å². The van der Waals surface area contributed by atoms with Gasteiger partial charge in [0, 0.05) is 48.9 Å². The first-order valence-electron chi connectivity index (χ1n) is 24.6. The Morgan fingerprint density at radius 1 is 0.296 bits per heavy atom. The Hall–Kier alpha value is -8.70. The largest absolute Gasteiger partial charge is 0.454 e. The molecule has 0 bridgehead atoms. The summed E-state index contributed by atoms with van der Waals surface area (Å²) >= 11 is 0. The molecule has 2 aromatic heterocycles. The van der Waals surface area contributed by atoms with E-state index in [1.54, 1.807) is 0 Å². The Morgan fingerprint density at radius 2 is 0.606 bits per heavy atom. The lowest BCUT2D eigenvalue weighted by atomic mass is 9.78. The van der Waals surface area contributed by atoms with Crippen molar-refractivity contribution in [3.8, 4) is 67.8 Å². The molecule has 0 aliphatic heterocycles. The van der Waals surface area contributed by atoms with Crippen LogP contribution >= 0.6 is 0 Å². The van der Waals surface area contributed by atoms with Gasteiger partial charge in [0.05, 0.1) is 11.1 Å². The molecule has 0 N–H and O–H groups in total. The van der Waals surface area contributed by atoms with Crippen LogP contribution in [0.3, 0.4) is 0 Å². The Kier molecular flexibility index (Phi) is 7.55. The molecule has 4 heteroatoms. The van der Waals surface area contributed by atoms with Crippen LogP contribution in [-0.2, 0) is 16.2 Å². The smallest absolute Gasteiger partial charge is 0.153 e. The van der Waals surface area contributed by atoms with Crippen molar-refractivity contribution in [2.45, 2.75) is 57.8 Å². The second-order valence-corrected chi connectivity index (χ2v) is 21.7. The molecule has 0 unspecified atom stereocenters. The lowest BCUT2D eigenvalue weighted by molar-refractivity contribution is 0.649. The summed E-state index contributed by atoms with van der Waals surface area (Å²) in [6.45, 7) is 14.4. The molecular weight excluding hydrogens is 865 g/mol. The van der Waals surface area contributed by atoms with E-state index in [1.165, 1.54) is 88.3 Å². The van der Waals surface area contributed by atoms with Crippen molar-refractivity contribution in [2.75, 3.05) is 0 Å². The molecule has 334 valence electrons. The highest BCUT2D eigenvalue weighted by Crippen LogP contribution is 2.62. The summed E-state index contributed by atoms with van der Waals surface area (Å²) in [7, 11) is 0. The van der Waals surface area contributed by atoms with E-state index < -0.39 is 0 Å². The zero-order chi connectivity index (χ0) is 48.0. The van der Waals surface area contributed by atoms with Crippen molar-refractivity contribution < 1.29 is 8.83 Å². The van der Waals surface area contributed by atoms with Gasteiger partial charge in [0.1, 0.15) is 23.3 Å². The van der Waals surface area contributed by atoms with Gasteiger partial charge in [-0.3, -0.25) is 0 Å². The Labute approximate surface area is 410 Å². The summed E-state index contributed by atoms with van der Waals surface area (Å²) < 4.78 is 13.3. The Bertz CT molecular complexity index is 4280. The lowest BCUT2D eigenvalue weighted by Crippen LogP contribution is -2.17. The highest BCUT2D eigenvalue weighted by molar-refractivity contribution is 6.18. The number of para-hydroxylation sites is 4. The number of benzene rings is 10. The highest BCUT2D eigenvalue weighted by atomic mass is 16.3. The average Bonchev–Trinajstić information content (AvgIpc) is 4.14. The maximum absolute atomic E-state index is 10.0. The summed E-state index contributed by atoms with van der Waals surface area (Å²) in [5.74, 6) is 0. The van der Waals surface area contributed by atoms with Gasteiger partial charge in [0.2, 0.25) is 0 Å². The number of rotatable bonds is 2. The van der Waals surface area contributed by atoms with Crippen LogP contribution < -0.4 is 0 Å². The van der Waals surface area contributed by atoms with E-state index in [0.29, 0.717) is 22.3 Å². The molecule has 0 saturated heterocycles. The third-order valence-electron chi connectivity index (χ3n) is 17.1. The molecule has 0 spiro atoms. The van der Waals surface area contributed by atoms with Gasteiger partial charge < -0.3 is 8.83 Å². The van der Waals surface area contributed by atoms with Gasteiger partial charge in [0.25, 0.3) is 0 Å². The monoisotopic (exact) mass is 908 g/mol. The van der Waals surface area contributed by atoms with Crippen molar-refractivity contribution >= 4 is 65.4 Å². The van der Waals surface area contributed by atoms with Crippen LogP contribution in [0.25, 0.3) is 121 Å². The minimum absolute atomic E-state index is 0.265. The minimum Gasteiger partial charge on any atom is -0.454 e. The van der Waals surface area contributed by atoms with E-state index in [2.05, 4.69) is 187 Å². The molecule has 3 aliphatic carbocycles.